The third-order valence-corrected chi connectivity index (χ3v) is 11.7. The summed E-state index contributed by atoms with van der Waals surface area (Å²) < 4.78 is 5.35. The minimum absolute atomic E-state index is 0.238. The number of alkyl halides is 4. The molecule has 1 nitrogen and oxygen atoms in total. The average Bonchev–Trinajstić information content (AvgIpc) is 2.84. The molecule has 2 aromatic rings. The summed E-state index contributed by atoms with van der Waals surface area (Å²) in [6.45, 7) is 0.611. The van der Waals surface area contributed by atoms with Crippen LogP contribution in [-0.4, -0.2) is 18.7 Å². The van der Waals surface area contributed by atoms with Crippen molar-refractivity contribution in [1.82, 2.24) is 0 Å². The molecule has 3 rings (SSSR count). The van der Waals surface area contributed by atoms with Gasteiger partial charge in [0.05, 0.1) is 10.9 Å². The molecule has 0 N–H and O–H groups in total. The van der Waals surface area contributed by atoms with Crippen molar-refractivity contribution in [3.05, 3.63) is 71.8 Å². The Morgan fingerprint density at radius 2 is 1.19 bits per heavy atom. The molecule has 1 heterocycles. The van der Waals surface area contributed by atoms with Crippen LogP contribution in [0.25, 0.3) is 0 Å². The number of ether oxygens (including phenoxy) is 1. The van der Waals surface area contributed by atoms with E-state index >= 15 is 0 Å². The highest BCUT2D eigenvalue weighted by Gasteiger charge is 2.65. The first-order valence-corrected chi connectivity index (χ1v) is 12.5. The van der Waals surface area contributed by atoms with E-state index in [2.05, 4.69) is 124 Å². The fourth-order valence-corrected chi connectivity index (χ4v) is 7.13. The molecule has 27 heavy (non-hydrogen) atoms. The van der Waals surface area contributed by atoms with E-state index in [4.69, 9.17) is 4.74 Å². The van der Waals surface area contributed by atoms with Gasteiger partial charge in [-0.15, -0.1) is 0 Å². The van der Waals surface area contributed by atoms with E-state index in [0.717, 1.165) is 38.5 Å². The lowest BCUT2D eigenvalue weighted by atomic mass is 9.90. The van der Waals surface area contributed by atoms with Crippen LogP contribution in [0.3, 0.4) is 0 Å². The molecule has 0 spiro atoms. The van der Waals surface area contributed by atoms with Crippen molar-refractivity contribution >= 4 is 63.7 Å². The number of aryl methyl sites for hydroxylation is 2. The second kappa shape index (κ2) is 9.42. The topological polar surface area (TPSA) is 9.23 Å². The van der Waals surface area contributed by atoms with Crippen LogP contribution in [0.1, 0.15) is 36.8 Å². The third-order valence-electron chi connectivity index (χ3n) is 5.29. The van der Waals surface area contributed by atoms with Gasteiger partial charge in [-0.3, -0.25) is 0 Å². The van der Waals surface area contributed by atoms with E-state index in [1.165, 1.54) is 11.1 Å². The molecule has 146 valence electrons. The zero-order valence-electron chi connectivity index (χ0n) is 15.1. The summed E-state index contributed by atoms with van der Waals surface area (Å²) in [4.78, 5) is 0. The number of hydrogen-bond acceptors (Lipinski definition) is 1. The molecule has 1 aliphatic heterocycles. The zero-order chi connectivity index (χ0) is 19.4. The summed E-state index contributed by atoms with van der Waals surface area (Å²) in [6, 6.07) is 21.3. The Morgan fingerprint density at radius 1 is 0.704 bits per heavy atom. The van der Waals surface area contributed by atoms with Crippen LogP contribution in [0, 0.1) is 0 Å². The van der Waals surface area contributed by atoms with Crippen LogP contribution < -0.4 is 0 Å². The normalized spacial score (nSPS) is 27.0. The number of rotatable bonds is 8. The molecule has 0 amide bonds. The SMILES string of the molecule is BrC1(Br)COC(Br)(CCCc2ccccc2)C1(Br)CCCc1ccccc1. The van der Waals surface area contributed by atoms with Gasteiger partial charge in [0.25, 0.3) is 0 Å². The van der Waals surface area contributed by atoms with Gasteiger partial charge in [0.15, 0.2) is 0 Å². The summed E-state index contributed by atoms with van der Waals surface area (Å²) >= 11 is 15.8. The highest BCUT2D eigenvalue weighted by molar-refractivity contribution is 9.26. The van der Waals surface area contributed by atoms with Gasteiger partial charge in [-0.25, -0.2) is 0 Å². The van der Waals surface area contributed by atoms with E-state index in [0.29, 0.717) is 6.61 Å². The Hall–Kier alpha value is 0.320. The van der Waals surface area contributed by atoms with Gasteiger partial charge in [-0.05, 0) is 49.7 Å². The zero-order valence-corrected chi connectivity index (χ0v) is 21.5. The summed E-state index contributed by atoms with van der Waals surface area (Å²) in [5.74, 6) is 0. The average molecular weight is 624 g/mol. The van der Waals surface area contributed by atoms with Crippen LogP contribution in [-0.2, 0) is 17.6 Å². The molecule has 1 saturated heterocycles. The smallest absolute Gasteiger partial charge is 0.140 e. The summed E-state index contributed by atoms with van der Waals surface area (Å²) in [5, 5.41) is 0. The molecule has 2 unspecified atom stereocenters. The van der Waals surface area contributed by atoms with Gasteiger partial charge in [-0.2, -0.15) is 0 Å². The minimum atomic E-state index is -0.404. The van der Waals surface area contributed by atoms with Crippen molar-refractivity contribution in [2.45, 2.75) is 50.6 Å². The lowest BCUT2D eigenvalue weighted by Crippen LogP contribution is -2.49. The van der Waals surface area contributed by atoms with Crippen LogP contribution in [0.2, 0.25) is 0 Å². The molecule has 0 aromatic heterocycles. The van der Waals surface area contributed by atoms with Crippen LogP contribution in [0.15, 0.2) is 60.7 Å². The molecular formula is C22H24Br4O. The molecular weight excluding hydrogens is 600 g/mol. The maximum absolute atomic E-state index is 6.29. The molecule has 0 bridgehead atoms. The summed E-state index contributed by atoms with van der Waals surface area (Å²) in [5.41, 5.74) is 2.76. The third kappa shape index (κ3) is 5.09. The van der Waals surface area contributed by atoms with Gasteiger partial charge in [0, 0.05) is 0 Å². The molecule has 1 fully saturated rings. The predicted octanol–water partition coefficient (Wildman–Crippen LogP) is 7.77. The molecule has 0 aliphatic carbocycles. The van der Waals surface area contributed by atoms with Gasteiger partial charge in [-0.1, -0.05) is 124 Å². The number of benzene rings is 2. The largest absolute Gasteiger partial charge is 0.360 e. The van der Waals surface area contributed by atoms with Crippen LogP contribution in [0.5, 0.6) is 0 Å². The van der Waals surface area contributed by atoms with E-state index < -0.39 is 4.51 Å². The first-order chi connectivity index (χ1) is 12.9. The maximum atomic E-state index is 6.29. The molecule has 0 saturated carbocycles. The summed E-state index contributed by atoms with van der Waals surface area (Å²) in [6.07, 6.45) is 6.22. The van der Waals surface area contributed by atoms with Crippen molar-refractivity contribution in [3.63, 3.8) is 0 Å². The number of halogens is 4. The van der Waals surface area contributed by atoms with Crippen molar-refractivity contribution in [1.29, 1.82) is 0 Å². The Labute approximate surface area is 196 Å². The Morgan fingerprint density at radius 3 is 1.70 bits per heavy atom. The van der Waals surface area contributed by atoms with Crippen LogP contribution in [0.4, 0.5) is 0 Å². The second-order valence-electron chi connectivity index (χ2n) is 7.20. The van der Waals surface area contributed by atoms with Gasteiger partial charge < -0.3 is 4.74 Å². The van der Waals surface area contributed by atoms with Crippen molar-refractivity contribution in [3.8, 4) is 0 Å². The standard InChI is InChI=1S/C22H24Br4O/c23-20(15-7-13-18-9-3-1-4-10-18)21(24,25)17-27-22(20,26)16-8-14-19-11-5-2-6-12-19/h1-6,9-12H,7-8,13-17H2. The highest BCUT2D eigenvalue weighted by Crippen LogP contribution is 2.62. The maximum Gasteiger partial charge on any atom is 0.140 e. The lowest BCUT2D eigenvalue weighted by Gasteiger charge is -2.41. The fourth-order valence-electron chi connectivity index (χ4n) is 3.69. The van der Waals surface area contributed by atoms with Crippen molar-refractivity contribution in [2.24, 2.45) is 0 Å². The Kier molecular flexibility index (Phi) is 7.68. The van der Waals surface area contributed by atoms with E-state index in [1.807, 2.05) is 0 Å². The second-order valence-corrected chi connectivity index (χ2v) is 13.6. The number of hydrogen-bond donors (Lipinski definition) is 0. The Bertz CT molecular complexity index is 722. The van der Waals surface area contributed by atoms with Gasteiger partial charge in [0.1, 0.15) is 7.74 Å². The van der Waals surface area contributed by atoms with Gasteiger partial charge >= 0.3 is 0 Å². The molecule has 0 radical (unpaired) electrons. The monoisotopic (exact) mass is 620 g/mol. The minimum Gasteiger partial charge on any atom is -0.360 e. The quantitative estimate of drug-likeness (QED) is 0.273. The first kappa shape index (κ1) is 22.0. The molecule has 2 atom stereocenters. The highest BCUT2D eigenvalue weighted by atomic mass is 79.9. The first-order valence-electron chi connectivity index (χ1n) is 9.34. The molecule has 1 aliphatic rings. The van der Waals surface area contributed by atoms with E-state index in [-0.39, 0.29) is 7.56 Å². The Balaban J connectivity index is 1.63. The molecule has 5 heteroatoms. The van der Waals surface area contributed by atoms with Crippen LogP contribution >= 0.6 is 63.7 Å². The van der Waals surface area contributed by atoms with E-state index in [9.17, 15) is 0 Å². The van der Waals surface area contributed by atoms with Crippen molar-refractivity contribution in [2.75, 3.05) is 6.61 Å². The van der Waals surface area contributed by atoms with Crippen molar-refractivity contribution < 1.29 is 4.74 Å². The van der Waals surface area contributed by atoms with E-state index in [1.54, 1.807) is 0 Å². The predicted molar refractivity (Wildman–Crippen MR) is 129 cm³/mol. The molecule has 2 aromatic carbocycles. The fraction of sp³-hybridized carbons (Fsp3) is 0.455. The lowest BCUT2D eigenvalue weighted by molar-refractivity contribution is 0.0647. The summed E-state index contributed by atoms with van der Waals surface area (Å²) in [7, 11) is 0. The van der Waals surface area contributed by atoms with Gasteiger partial charge in [0.2, 0.25) is 0 Å².